The monoisotopic (exact) mass is 329 g/mol. The Balaban J connectivity index is 1.89. The van der Waals surface area contributed by atoms with Crippen molar-refractivity contribution in [3.8, 4) is 11.1 Å². The molecule has 1 aromatic carbocycles. The number of hydrogen-bond acceptors (Lipinski definition) is 5. The molecule has 0 radical (unpaired) electrons. The number of anilines is 1. The van der Waals surface area contributed by atoms with Gasteiger partial charge in [-0.05, 0) is 24.1 Å². The van der Waals surface area contributed by atoms with E-state index in [4.69, 9.17) is 11.5 Å². The number of nitrogens with zero attached hydrogens (tertiary/aromatic N) is 2. The van der Waals surface area contributed by atoms with Crippen molar-refractivity contribution in [3.05, 3.63) is 46.4 Å². The lowest BCUT2D eigenvalue weighted by Gasteiger charge is -2.06. The van der Waals surface area contributed by atoms with Crippen LogP contribution in [0.15, 0.2) is 40.2 Å². The second-order valence-electron chi connectivity index (χ2n) is 5.26. The van der Waals surface area contributed by atoms with Crippen LogP contribution in [0.2, 0.25) is 0 Å². The first kappa shape index (κ1) is 17.5. The maximum absolute atomic E-state index is 12.0. The summed E-state index contributed by atoms with van der Waals surface area (Å²) in [6, 6.07) is 7.82. The summed E-state index contributed by atoms with van der Waals surface area (Å²) in [5, 5.41) is 6.12. The van der Waals surface area contributed by atoms with Crippen molar-refractivity contribution < 1.29 is 0 Å². The minimum absolute atomic E-state index is 0.123. The molecular formula is C16H23N7O. The highest BCUT2D eigenvalue weighted by Crippen LogP contribution is 2.15. The highest BCUT2D eigenvalue weighted by atomic mass is 16.1. The van der Waals surface area contributed by atoms with Gasteiger partial charge in [0, 0.05) is 26.3 Å². The van der Waals surface area contributed by atoms with Crippen molar-refractivity contribution >= 4 is 11.9 Å². The first-order chi connectivity index (χ1) is 11.6. The van der Waals surface area contributed by atoms with Crippen LogP contribution in [0.5, 0.6) is 0 Å². The third kappa shape index (κ3) is 5.10. The Morgan fingerprint density at radius 3 is 2.67 bits per heavy atom. The van der Waals surface area contributed by atoms with Crippen LogP contribution in [0.4, 0.5) is 5.95 Å². The number of nitrogens with two attached hydrogens (primary N) is 2. The third-order valence-electron chi connectivity index (χ3n) is 3.44. The standard InChI is InChI=1S/C16H23N7O/c1-19-16-22-10-13(14(24)23-16)12-5-3-11(4-6-12)9-20-7-2-8-21-15(17)18/h3-6,10,20H,2,7-9H2,1H3,(H4,17,18,21)(H2,19,22,23,24). The zero-order valence-electron chi connectivity index (χ0n) is 13.7. The van der Waals surface area contributed by atoms with Crippen molar-refractivity contribution in [1.29, 1.82) is 0 Å². The summed E-state index contributed by atoms with van der Waals surface area (Å²) in [4.78, 5) is 22.8. The van der Waals surface area contributed by atoms with Crippen LogP contribution in [0.25, 0.3) is 11.1 Å². The first-order valence-electron chi connectivity index (χ1n) is 7.72. The van der Waals surface area contributed by atoms with Gasteiger partial charge in [-0.15, -0.1) is 0 Å². The molecule has 0 saturated heterocycles. The van der Waals surface area contributed by atoms with Gasteiger partial charge in [0.2, 0.25) is 5.95 Å². The van der Waals surface area contributed by atoms with Crippen LogP contribution >= 0.6 is 0 Å². The largest absolute Gasteiger partial charge is 0.370 e. The summed E-state index contributed by atoms with van der Waals surface area (Å²) in [7, 11) is 1.71. The Kier molecular flexibility index (Phi) is 6.32. The molecule has 2 aromatic rings. The van der Waals surface area contributed by atoms with E-state index in [1.807, 2.05) is 24.3 Å². The Hall–Kier alpha value is -2.87. The average molecular weight is 329 g/mol. The molecule has 0 spiro atoms. The van der Waals surface area contributed by atoms with Crippen molar-refractivity contribution in [1.82, 2.24) is 15.3 Å². The van der Waals surface area contributed by atoms with Gasteiger partial charge in [-0.1, -0.05) is 24.3 Å². The Morgan fingerprint density at radius 2 is 2.04 bits per heavy atom. The van der Waals surface area contributed by atoms with Gasteiger partial charge in [-0.25, -0.2) is 4.98 Å². The van der Waals surface area contributed by atoms with Crippen LogP contribution in [0.3, 0.4) is 0 Å². The summed E-state index contributed by atoms with van der Waals surface area (Å²) in [6.07, 6.45) is 2.44. The SMILES string of the molecule is CNc1ncc(-c2ccc(CNCCCN=C(N)N)cc2)c(=O)[nH]1. The van der Waals surface area contributed by atoms with Crippen LogP contribution in [0, 0.1) is 0 Å². The number of aliphatic imine (C=N–C) groups is 1. The van der Waals surface area contributed by atoms with Gasteiger partial charge in [-0.2, -0.15) is 0 Å². The quantitative estimate of drug-likeness (QED) is 0.267. The summed E-state index contributed by atoms with van der Waals surface area (Å²) in [5.41, 5.74) is 12.9. The second kappa shape index (κ2) is 8.68. The summed E-state index contributed by atoms with van der Waals surface area (Å²) < 4.78 is 0. The van der Waals surface area contributed by atoms with E-state index in [1.54, 1.807) is 13.2 Å². The zero-order chi connectivity index (χ0) is 17.4. The van der Waals surface area contributed by atoms with Gasteiger partial charge in [0.1, 0.15) is 0 Å². The van der Waals surface area contributed by atoms with Gasteiger partial charge in [0.15, 0.2) is 5.96 Å². The number of nitrogens with one attached hydrogen (secondary N) is 3. The number of benzene rings is 1. The van der Waals surface area contributed by atoms with Gasteiger partial charge in [0.05, 0.1) is 5.56 Å². The molecule has 0 unspecified atom stereocenters. The molecule has 0 aliphatic rings. The highest BCUT2D eigenvalue weighted by Gasteiger charge is 2.05. The lowest BCUT2D eigenvalue weighted by molar-refractivity contribution is 0.655. The van der Waals surface area contributed by atoms with Gasteiger partial charge in [0.25, 0.3) is 5.56 Å². The molecule has 0 fully saturated rings. The lowest BCUT2D eigenvalue weighted by atomic mass is 10.1. The van der Waals surface area contributed by atoms with Crippen LogP contribution in [-0.2, 0) is 6.54 Å². The number of hydrogen-bond donors (Lipinski definition) is 5. The molecule has 24 heavy (non-hydrogen) atoms. The minimum Gasteiger partial charge on any atom is -0.370 e. The fourth-order valence-electron chi connectivity index (χ4n) is 2.17. The van der Waals surface area contributed by atoms with Crippen molar-refractivity contribution in [2.24, 2.45) is 16.5 Å². The van der Waals surface area contributed by atoms with Gasteiger partial charge >= 0.3 is 0 Å². The molecule has 0 amide bonds. The highest BCUT2D eigenvalue weighted by molar-refractivity contribution is 5.75. The minimum atomic E-state index is -0.167. The predicted molar refractivity (Wildman–Crippen MR) is 96.8 cm³/mol. The molecule has 0 bridgehead atoms. The molecule has 0 atom stereocenters. The molecule has 128 valence electrons. The number of H-pyrrole nitrogens is 1. The fraction of sp³-hybridized carbons (Fsp3) is 0.312. The number of aromatic nitrogens is 2. The van der Waals surface area contributed by atoms with Crippen LogP contribution in [-0.4, -0.2) is 36.1 Å². The molecule has 1 heterocycles. The van der Waals surface area contributed by atoms with E-state index in [9.17, 15) is 4.79 Å². The zero-order valence-corrected chi connectivity index (χ0v) is 13.7. The second-order valence-corrected chi connectivity index (χ2v) is 5.26. The Labute approximate surface area is 140 Å². The van der Waals surface area contributed by atoms with E-state index in [-0.39, 0.29) is 11.5 Å². The normalized spacial score (nSPS) is 10.4. The van der Waals surface area contributed by atoms with E-state index < -0.39 is 0 Å². The number of rotatable bonds is 8. The third-order valence-corrected chi connectivity index (χ3v) is 3.44. The maximum atomic E-state index is 12.0. The topological polar surface area (TPSA) is 134 Å². The molecule has 8 heteroatoms. The maximum Gasteiger partial charge on any atom is 0.260 e. The molecule has 0 saturated carbocycles. The summed E-state index contributed by atoms with van der Waals surface area (Å²) in [5.74, 6) is 0.572. The van der Waals surface area contributed by atoms with E-state index in [2.05, 4.69) is 25.6 Å². The lowest BCUT2D eigenvalue weighted by Crippen LogP contribution is -2.23. The molecule has 7 N–H and O–H groups in total. The van der Waals surface area contributed by atoms with Gasteiger partial charge < -0.3 is 22.1 Å². The molecule has 0 aliphatic heterocycles. The fourth-order valence-corrected chi connectivity index (χ4v) is 2.17. The Bertz CT molecular complexity index is 733. The summed E-state index contributed by atoms with van der Waals surface area (Å²) in [6.45, 7) is 2.19. The van der Waals surface area contributed by atoms with E-state index in [1.165, 1.54) is 0 Å². The Morgan fingerprint density at radius 1 is 1.29 bits per heavy atom. The van der Waals surface area contributed by atoms with Gasteiger partial charge in [-0.3, -0.25) is 14.8 Å². The molecule has 0 aliphatic carbocycles. The molecule has 8 nitrogen and oxygen atoms in total. The average Bonchev–Trinajstić information content (AvgIpc) is 2.58. The summed E-state index contributed by atoms with van der Waals surface area (Å²) >= 11 is 0. The van der Waals surface area contributed by atoms with Crippen molar-refractivity contribution in [3.63, 3.8) is 0 Å². The molecule has 1 aromatic heterocycles. The molecule has 2 rings (SSSR count). The van der Waals surface area contributed by atoms with E-state index in [0.717, 1.165) is 30.6 Å². The molecular weight excluding hydrogens is 306 g/mol. The van der Waals surface area contributed by atoms with E-state index >= 15 is 0 Å². The van der Waals surface area contributed by atoms with Crippen molar-refractivity contribution in [2.45, 2.75) is 13.0 Å². The first-order valence-corrected chi connectivity index (χ1v) is 7.72. The predicted octanol–water partition coefficient (Wildman–Crippen LogP) is 0.232. The number of aromatic amines is 1. The smallest absolute Gasteiger partial charge is 0.260 e. The van der Waals surface area contributed by atoms with Crippen LogP contribution in [0.1, 0.15) is 12.0 Å². The number of guanidine groups is 1. The van der Waals surface area contributed by atoms with Crippen molar-refractivity contribution in [2.75, 3.05) is 25.5 Å². The van der Waals surface area contributed by atoms with Crippen LogP contribution < -0.4 is 27.7 Å². The van der Waals surface area contributed by atoms with E-state index in [0.29, 0.717) is 18.1 Å².